The summed E-state index contributed by atoms with van der Waals surface area (Å²) in [5, 5.41) is -0.109. The van der Waals surface area contributed by atoms with Crippen molar-refractivity contribution in [3.8, 4) is 0 Å². The minimum atomic E-state index is -3.63. The molecule has 0 amide bonds. The van der Waals surface area contributed by atoms with E-state index in [2.05, 4.69) is 13.8 Å². The van der Waals surface area contributed by atoms with Gasteiger partial charge in [0.25, 0.3) is 10.0 Å². The van der Waals surface area contributed by atoms with Crippen LogP contribution in [-0.2, 0) is 10.0 Å². The fourth-order valence-corrected chi connectivity index (χ4v) is 5.60. The quantitative estimate of drug-likeness (QED) is 0.572. The zero-order valence-corrected chi connectivity index (χ0v) is 15.5. The molecule has 0 aliphatic carbocycles. The number of alkyl halides is 1. The smallest absolute Gasteiger partial charge is 0.264 e. The van der Waals surface area contributed by atoms with Crippen molar-refractivity contribution in [1.29, 1.82) is 0 Å². The molecule has 3 rings (SSSR count). The maximum Gasteiger partial charge on any atom is 0.264 e. The van der Waals surface area contributed by atoms with Crippen LogP contribution in [0.15, 0.2) is 52.3 Å². The maximum atomic E-state index is 13.0. The minimum Gasteiger partial charge on any atom is -0.269 e. The predicted octanol–water partition coefficient (Wildman–Crippen LogP) is 4.65. The van der Waals surface area contributed by atoms with Gasteiger partial charge in [0.1, 0.15) is 0 Å². The highest BCUT2D eigenvalue weighted by molar-refractivity contribution is 8.00. The number of benzene rings is 2. The number of para-hydroxylation sites is 1. The van der Waals surface area contributed by atoms with Crippen LogP contribution in [0, 0.1) is 0 Å². The minimum absolute atomic E-state index is 0.293. The van der Waals surface area contributed by atoms with Gasteiger partial charge in [-0.25, -0.2) is 8.42 Å². The molecule has 1 unspecified atom stereocenters. The molecule has 1 atom stereocenters. The maximum absolute atomic E-state index is 13.0. The van der Waals surface area contributed by atoms with Crippen molar-refractivity contribution in [3.63, 3.8) is 0 Å². The zero-order valence-electron chi connectivity index (χ0n) is 13.2. The van der Waals surface area contributed by atoms with Crippen LogP contribution >= 0.6 is 23.4 Å². The van der Waals surface area contributed by atoms with Crippen molar-refractivity contribution in [2.45, 2.75) is 34.3 Å². The van der Waals surface area contributed by atoms with Gasteiger partial charge >= 0.3 is 0 Å². The Labute approximate surface area is 146 Å². The Morgan fingerprint density at radius 1 is 1.13 bits per heavy atom. The Bertz CT molecular complexity index is 849. The van der Waals surface area contributed by atoms with E-state index >= 15 is 0 Å². The Balaban J connectivity index is 2.25. The third kappa shape index (κ3) is 2.86. The summed E-state index contributed by atoms with van der Waals surface area (Å²) < 4.78 is 27.4. The first kappa shape index (κ1) is 16.7. The van der Waals surface area contributed by atoms with E-state index in [0.717, 1.165) is 10.5 Å². The molecule has 0 saturated carbocycles. The van der Waals surface area contributed by atoms with E-state index in [0.29, 0.717) is 21.4 Å². The van der Waals surface area contributed by atoms with Gasteiger partial charge in [0.05, 0.1) is 16.0 Å². The molecule has 122 valence electrons. The summed E-state index contributed by atoms with van der Waals surface area (Å²) in [6, 6.07) is 12.9. The van der Waals surface area contributed by atoms with Gasteiger partial charge in [-0.05, 0) is 29.3 Å². The summed E-state index contributed by atoms with van der Waals surface area (Å²) in [5.74, 6) is 0. The number of rotatable bonds is 2. The van der Waals surface area contributed by atoms with Gasteiger partial charge in [0.2, 0.25) is 0 Å². The van der Waals surface area contributed by atoms with Crippen LogP contribution in [0.2, 0.25) is 0 Å². The van der Waals surface area contributed by atoms with Crippen molar-refractivity contribution >= 4 is 39.1 Å². The second kappa shape index (κ2) is 6.04. The normalized spacial score (nSPS) is 19.2. The fourth-order valence-electron chi connectivity index (χ4n) is 2.73. The molecule has 1 aliphatic heterocycles. The Morgan fingerprint density at radius 3 is 2.52 bits per heavy atom. The van der Waals surface area contributed by atoms with Gasteiger partial charge in [-0.1, -0.05) is 38.1 Å². The Kier molecular flexibility index (Phi) is 4.38. The SMILES string of the molecule is CC(C)Sc1ccc2c(c1)S(=O)(=O)N(C)c1ccccc1C2Cl. The summed E-state index contributed by atoms with van der Waals surface area (Å²) in [7, 11) is -2.05. The van der Waals surface area contributed by atoms with Crippen molar-refractivity contribution in [1.82, 2.24) is 0 Å². The number of sulfonamides is 1. The summed E-state index contributed by atoms with van der Waals surface area (Å²) >= 11 is 8.27. The lowest BCUT2D eigenvalue weighted by atomic mass is 10.0. The third-order valence-corrected chi connectivity index (χ3v) is 7.11. The van der Waals surface area contributed by atoms with Crippen LogP contribution in [0.25, 0.3) is 0 Å². The molecular weight excluding hydrogens is 350 g/mol. The van der Waals surface area contributed by atoms with Crippen LogP contribution in [0.1, 0.15) is 30.4 Å². The highest BCUT2D eigenvalue weighted by Gasteiger charge is 2.34. The summed E-state index contributed by atoms with van der Waals surface area (Å²) in [6.07, 6.45) is 0. The molecule has 6 heteroatoms. The van der Waals surface area contributed by atoms with Crippen LogP contribution in [0.4, 0.5) is 5.69 Å². The van der Waals surface area contributed by atoms with Crippen molar-refractivity contribution in [3.05, 3.63) is 53.6 Å². The fraction of sp³-hybridized carbons (Fsp3) is 0.294. The number of thioether (sulfide) groups is 1. The number of hydrogen-bond acceptors (Lipinski definition) is 3. The van der Waals surface area contributed by atoms with Crippen LogP contribution in [-0.4, -0.2) is 20.7 Å². The number of anilines is 1. The molecule has 0 saturated heterocycles. The van der Waals surface area contributed by atoms with Gasteiger partial charge in [-0.15, -0.1) is 23.4 Å². The molecule has 0 N–H and O–H groups in total. The van der Waals surface area contributed by atoms with Gasteiger partial charge < -0.3 is 0 Å². The predicted molar refractivity (Wildman–Crippen MR) is 97.2 cm³/mol. The molecular formula is C17H18ClNO2S2. The lowest BCUT2D eigenvalue weighted by molar-refractivity contribution is 0.594. The molecule has 1 aliphatic rings. The van der Waals surface area contributed by atoms with E-state index in [1.807, 2.05) is 30.3 Å². The van der Waals surface area contributed by atoms with Crippen LogP contribution in [0.5, 0.6) is 0 Å². The third-order valence-electron chi connectivity index (χ3n) is 3.82. The molecule has 3 nitrogen and oxygen atoms in total. The molecule has 2 aromatic rings. The number of hydrogen-bond donors (Lipinski definition) is 0. The summed E-state index contributed by atoms with van der Waals surface area (Å²) in [6.45, 7) is 4.16. The standard InChI is InChI=1S/C17H18ClNO2S2/c1-11(2)22-12-8-9-14-16(10-12)23(20,21)19(3)15-7-5-4-6-13(15)17(14)18/h4-11,17H,1-3H3. The second-order valence-electron chi connectivity index (χ2n) is 5.76. The number of nitrogens with zero attached hydrogens (tertiary/aromatic N) is 1. The van der Waals surface area contributed by atoms with Gasteiger partial charge in [0.15, 0.2) is 0 Å². The Hall–Kier alpha value is -1.17. The monoisotopic (exact) mass is 367 g/mol. The van der Waals surface area contributed by atoms with Gasteiger partial charge in [-0.3, -0.25) is 4.31 Å². The largest absolute Gasteiger partial charge is 0.269 e. The molecule has 0 fully saturated rings. The molecule has 1 heterocycles. The lowest BCUT2D eigenvalue weighted by Gasteiger charge is -2.19. The molecule has 0 spiro atoms. The number of fused-ring (bicyclic) bond motifs is 2. The first-order valence-electron chi connectivity index (χ1n) is 7.35. The highest BCUT2D eigenvalue weighted by atomic mass is 35.5. The average molecular weight is 368 g/mol. The summed E-state index contributed by atoms with van der Waals surface area (Å²) in [4.78, 5) is 1.23. The first-order chi connectivity index (χ1) is 10.8. The Morgan fingerprint density at radius 2 is 1.83 bits per heavy atom. The van der Waals surface area contributed by atoms with Crippen molar-refractivity contribution in [2.75, 3.05) is 11.4 Å². The van der Waals surface area contributed by atoms with Crippen molar-refractivity contribution in [2.24, 2.45) is 0 Å². The summed E-state index contributed by atoms with van der Waals surface area (Å²) in [5.41, 5.74) is 2.07. The molecule has 2 aromatic carbocycles. The topological polar surface area (TPSA) is 37.4 Å². The van der Waals surface area contributed by atoms with Gasteiger partial charge in [0, 0.05) is 17.2 Å². The van der Waals surface area contributed by atoms with E-state index in [1.54, 1.807) is 30.9 Å². The van der Waals surface area contributed by atoms with E-state index < -0.39 is 15.4 Å². The molecule has 0 aromatic heterocycles. The van der Waals surface area contributed by atoms with Crippen LogP contribution in [0.3, 0.4) is 0 Å². The molecule has 0 radical (unpaired) electrons. The zero-order chi connectivity index (χ0) is 16.8. The number of halogens is 1. The highest BCUT2D eigenvalue weighted by Crippen LogP contribution is 2.44. The van der Waals surface area contributed by atoms with Crippen LogP contribution < -0.4 is 4.31 Å². The second-order valence-corrected chi connectivity index (χ2v) is 9.78. The lowest BCUT2D eigenvalue weighted by Crippen LogP contribution is -2.26. The first-order valence-corrected chi connectivity index (χ1v) is 10.1. The molecule has 23 heavy (non-hydrogen) atoms. The van der Waals surface area contributed by atoms with Crippen molar-refractivity contribution < 1.29 is 8.42 Å². The van der Waals surface area contributed by atoms with E-state index in [9.17, 15) is 8.42 Å². The van der Waals surface area contributed by atoms with E-state index in [1.165, 1.54) is 4.31 Å². The average Bonchev–Trinajstić information content (AvgIpc) is 2.57. The van der Waals surface area contributed by atoms with Gasteiger partial charge in [-0.2, -0.15) is 0 Å². The van der Waals surface area contributed by atoms with E-state index in [-0.39, 0.29) is 0 Å². The molecule has 0 bridgehead atoms. The van der Waals surface area contributed by atoms with E-state index in [4.69, 9.17) is 11.6 Å².